The molecule has 0 spiro atoms. The number of halogens is 2. The summed E-state index contributed by atoms with van der Waals surface area (Å²) >= 11 is 9.33. The summed E-state index contributed by atoms with van der Waals surface area (Å²) in [6, 6.07) is 13.7. The van der Waals surface area contributed by atoms with Crippen LogP contribution in [0.5, 0.6) is 0 Å². The highest BCUT2D eigenvalue weighted by Crippen LogP contribution is 2.22. The molecule has 4 heteroatoms. The number of benzene rings is 2. The van der Waals surface area contributed by atoms with Crippen molar-refractivity contribution in [2.75, 3.05) is 0 Å². The fourth-order valence-corrected chi connectivity index (χ4v) is 2.30. The van der Waals surface area contributed by atoms with Gasteiger partial charge < -0.3 is 0 Å². The fraction of sp³-hybridized carbons (Fsp3) is 0. The molecule has 3 rings (SSSR count). The van der Waals surface area contributed by atoms with Crippen LogP contribution in [0.2, 0.25) is 5.02 Å². The molecule has 0 fully saturated rings. The smallest absolute Gasteiger partial charge is 0.0741 e. The van der Waals surface area contributed by atoms with Crippen molar-refractivity contribution in [1.29, 1.82) is 0 Å². The van der Waals surface area contributed by atoms with E-state index in [9.17, 15) is 0 Å². The first-order valence-corrected chi connectivity index (χ1v) is 6.30. The Hall–Kier alpha value is -1.32. The summed E-state index contributed by atoms with van der Waals surface area (Å²) in [5.74, 6) is 0. The average molecular weight is 308 g/mol. The SMILES string of the molecule is Clc1ccc(-n2ncc3cc(Br)ccc32)cc1. The molecule has 0 radical (unpaired) electrons. The van der Waals surface area contributed by atoms with Gasteiger partial charge in [0.05, 0.1) is 17.4 Å². The van der Waals surface area contributed by atoms with E-state index in [1.54, 1.807) is 0 Å². The minimum atomic E-state index is 0.730. The highest BCUT2D eigenvalue weighted by Gasteiger charge is 2.04. The van der Waals surface area contributed by atoms with Crippen molar-refractivity contribution < 1.29 is 0 Å². The summed E-state index contributed by atoms with van der Waals surface area (Å²) in [5, 5.41) is 6.22. The van der Waals surface area contributed by atoms with E-state index in [2.05, 4.69) is 27.1 Å². The Bertz CT molecular complexity index is 673. The predicted octanol–water partition coefficient (Wildman–Crippen LogP) is 4.44. The predicted molar refractivity (Wildman–Crippen MR) is 73.8 cm³/mol. The van der Waals surface area contributed by atoms with E-state index in [0.29, 0.717) is 0 Å². The van der Waals surface area contributed by atoms with Crippen LogP contribution in [0, 0.1) is 0 Å². The van der Waals surface area contributed by atoms with Gasteiger partial charge >= 0.3 is 0 Å². The number of nitrogens with zero attached hydrogens (tertiary/aromatic N) is 2. The van der Waals surface area contributed by atoms with Gasteiger partial charge in [-0.25, -0.2) is 4.68 Å². The second kappa shape index (κ2) is 4.17. The third-order valence-electron chi connectivity index (χ3n) is 2.60. The Kier molecular flexibility index (Phi) is 2.65. The monoisotopic (exact) mass is 306 g/mol. The van der Waals surface area contributed by atoms with Crippen molar-refractivity contribution >= 4 is 38.4 Å². The molecule has 0 amide bonds. The van der Waals surface area contributed by atoms with Crippen molar-refractivity contribution in [3.8, 4) is 5.69 Å². The Labute approximate surface area is 112 Å². The Morgan fingerprint density at radius 3 is 2.59 bits per heavy atom. The number of hydrogen-bond donors (Lipinski definition) is 0. The molecule has 0 bridgehead atoms. The van der Waals surface area contributed by atoms with Gasteiger partial charge in [0.2, 0.25) is 0 Å². The molecule has 17 heavy (non-hydrogen) atoms. The maximum absolute atomic E-state index is 5.88. The molecule has 0 aliphatic heterocycles. The first-order chi connectivity index (χ1) is 8.24. The van der Waals surface area contributed by atoms with Gasteiger partial charge in [0, 0.05) is 14.9 Å². The molecule has 1 aromatic heterocycles. The molecule has 0 saturated heterocycles. The standard InChI is InChI=1S/C13H8BrClN2/c14-10-1-6-13-9(7-10)8-16-17(13)12-4-2-11(15)3-5-12/h1-8H. The van der Waals surface area contributed by atoms with Crippen LogP contribution in [0.3, 0.4) is 0 Å². The molecule has 0 atom stereocenters. The van der Waals surface area contributed by atoms with Crippen LogP contribution >= 0.6 is 27.5 Å². The van der Waals surface area contributed by atoms with Gasteiger partial charge in [-0.05, 0) is 42.5 Å². The number of hydrogen-bond acceptors (Lipinski definition) is 1. The molecule has 0 saturated carbocycles. The number of aromatic nitrogens is 2. The zero-order valence-electron chi connectivity index (χ0n) is 8.77. The molecule has 2 nitrogen and oxygen atoms in total. The van der Waals surface area contributed by atoms with Gasteiger partial charge in [-0.2, -0.15) is 5.10 Å². The highest BCUT2D eigenvalue weighted by molar-refractivity contribution is 9.10. The van der Waals surface area contributed by atoms with E-state index >= 15 is 0 Å². The van der Waals surface area contributed by atoms with Crippen molar-refractivity contribution in [2.45, 2.75) is 0 Å². The van der Waals surface area contributed by atoms with Crippen LogP contribution in [0.25, 0.3) is 16.6 Å². The van der Waals surface area contributed by atoms with Crippen LogP contribution in [0.4, 0.5) is 0 Å². The van der Waals surface area contributed by atoms with Crippen molar-refractivity contribution in [2.24, 2.45) is 0 Å². The van der Waals surface area contributed by atoms with Gasteiger partial charge in [0.1, 0.15) is 0 Å². The molecule has 2 aromatic carbocycles. The topological polar surface area (TPSA) is 17.8 Å². The normalized spacial score (nSPS) is 10.9. The zero-order valence-corrected chi connectivity index (χ0v) is 11.1. The first-order valence-electron chi connectivity index (χ1n) is 5.13. The zero-order chi connectivity index (χ0) is 11.8. The van der Waals surface area contributed by atoms with E-state index in [1.165, 1.54) is 0 Å². The summed E-state index contributed by atoms with van der Waals surface area (Å²) in [5.41, 5.74) is 2.09. The van der Waals surface area contributed by atoms with E-state index < -0.39 is 0 Å². The number of fused-ring (bicyclic) bond motifs is 1. The maximum Gasteiger partial charge on any atom is 0.0741 e. The second-order valence-corrected chi connectivity index (χ2v) is 5.09. The third-order valence-corrected chi connectivity index (χ3v) is 3.35. The summed E-state index contributed by atoms with van der Waals surface area (Å²) in [6.07, 6.45) is 1.86. The minimum Gasteiger partial charge on any atom is -0.233 e. The van der Waals surface area contributed by atoms with Gasteiger partial charge in [0.25, 0.3) is 0 Å². The lowest BCUT2D eigenvalue weighted by atomic mass is 10.2. The lowest BCUT2D eigenvalue weighted by Crippen LogP contribution is -1.94. The largest absolute Gasteiger partial charge is 0.233 e. The summed E-state index contributed by atoms with van der Waals surface area (Å²) < 4.78 is 2.96. The Morgan fingerprint density at radius 1 is 1.06 bits per heavy atom. The molecule has 3 aromatic rings. The molecule has 0 N–H and O–H groups in total. The highest BCUT2D eigenvalue weighted by atomic mass is 79.9. The minimum absolute atomic E-state index is 0.730. The summed E-state index contributed by atoms with van der Waals surface area (Å²) in [6.45, 7) is 0. The van der Waals surface area contributed by atoms with Gasteiger partial charge in [-0.15, -0.1) is 0 Å². The quantitative estimate of drug-likeness (QED) is 0.650. The molecule has 1 heterocycles. The molecule has 0 aliphatic carbocycles. The second-order valence-electron chi connectivity index (χ2n) is 3.74. The van der Waals surface area contributed by atoms with Crippen LogP contribution in [-0.2, 0) is 0 Å². The summed E-state index contributed by atoms with van der Waals surface area (Å²) in [4.78, 5) is 0. The molecule has 0 unspecified atom stereocenters. The molecular weight excluding hydrogens is 300 g/mol. The third kappa shape index (κ3) is 1.96. The van der Waals surface area contributed by atoms with Crippen LogP contribution in [-0.4, -0.2) is 9.78 Å². The van der Waals surface area contributed by atoms with E-state index in [1.807, 2.05) is 47.3 Å². The van der Waals surface area contributed by atoms with Crippen molar-refractivity contribution in [1.82, 2.24) is 9.78 Å². The average Bonchev–Trinajstić information content (AvgIpc) is 2.73. The van der Waals surface area contributed by atoms with Crippen molar-refractivity contribution in [3.05, 3.63) is 58.2 Å². The molecule has 84 valence electrons. The lowest BCUT2D eigenvalue weighted by molar-refractivity contribution is 0.911. The van der Waals surface area contributed by atoms with Crippen LogP contribution < -0.4 is 0 Å². The Balaban J connectivity index is 2.21. The van der Waals surface area contributed by atoms with Crippen LogP contribution in [0.15, 0.2) is 53.1 Å². The van der Waals surface area contributed by atoms with E-state index in [4.69, 9.17) is 11.6 Å². The summed E-state index contributed by atoms with van der Waals surface area (Å²) in [7, 11) is 0. The molecule has 0 aliphatic rings. The first kappa shape index (κ1) is 10.8. The van der Waals surface area contributed by atoms with E-state index in [0.717, 1.165) is 26.1 Å². The Morgan fingerprint density at radius 2 is 1.82 bits per heavy atom. The fourth-order valence-electron chi connectivity index (χ4n) is 1.79. The van der Waals surface area contributed by atoms with Gasteiger partial charge in [-0.3, -0.25) is 0 Å². The number of rotatable bonds is 1. The van der Waals surface area contributed by atoms with Gasteiger partial charge in [-0.1, -0.05) is 27.5 Å². The van der Waals surface area contributed by atoms with Gasteiger partial charge in [0.15, 0.2) is 0 Å². The lowest BCUT2D eigenvalue weighted by Gasteiger charge is -2.03. The van der Waals surface area contributed by atoms with Crippen LogP contribution in [0.1, 0.15) is 0 Å². The maximum atomic E-state index is 5.88. The van der Waals surface area contributed by atoms with Crippen molar-refractivity contribution in [3.63, 3.8) is 0 Å². The molecular formula is C13H8BrClN2. The van der Waals surface area contributed by atoms with E-state index in [-0.39, 0.29) is 0 Å².